The minimum atomic E-state index is -0.102. The molecule has 0 heterocycles. The summed E-state index contributed by atoms with van der Waals surface area (Å²) in [4.78, 5) is 13.4. The Morgan fingerprint density at radius 2 is 2.19 bits per heavy atom. The van der Waals surface area contributed by atoms with Crippen LogP contribution in [0.25, 0.3) is 0 Å². The lowest BCUT2D eigenvalue weighted by molar-refractivity contribution is -0.141. The van der Waals surface area contributed by atoms with Crippen molar-refractivity contribution in [3.8, 4) is 0 Å². The van der Waals surface area contributed by atoms with Crippen LogP contribution in [-0.4, -0.2) is 37.6 Å². The van der Waals surface area contributed by atoms with Crippen LogP contribution < -0.4 is 0 Å². The van der Waals surface area contributed by atoms with E-state index in [2.05, 4.69) is 23.6 Å². The van der Waals surface area contributed by atoms with Crippen molar-refractivity contribution in [1.29, 1.82) is 0 Å². The molecule has 0 radical (unpaired) electrons. The van der Waals surface area contributed by atoms with Gasteiger partial charge in [0, 0.05) is 12.6 Å². The quantitative estimate of drug-likeness (QED) is 0.676. The number of hydrogen-bond acceptors (Lipinski definition) is 3. The number of methoxy groups -OCH3 is 1. The zero-order valence-electron chi connectivity index (χ0n) is 10.9. The Morgan fingerprint density at radius 1 is 1.44 bits per heavy atom. The van der Waals surface area contributed by atoms with E-state index in [1.807, 2.05) is 0 Å². The Morgan fingerprint density at radius 3 is 2.81 bits per heavy atom. The SMILES string of the molecule is CCC1CCCC(N(C)CCC(=O)OC)C1. The molecule has 1 aliphatic rings. The van der Waals surface area contributed by atoms with Crippen molar-refractivity contribution in [1.82, 2.24) is 4.90 Å². The second-order valence-corrected chi connectivity index (χ2v) is 4.90. The number of hydrogen-bond donors (Lipinski definition) is 0. The molecule has 1 saturated carbocycles. The van der Waals surface area contributed by atoms with E-state index in [0.717, 1.165) is 12.5 Å². The minimum Gasteiger partial charge on any atom is -0.469 e. The molecule has 3 nitrogen and oxygen atoms in total. The maximum absolute atomic E-state index is 11.1. The Balaban J connectivity index is 2.29. The van der Waals surface area contributed by atoms with E-state index in [0.29, 0.717) is 12.5 Å². The van der Waals surface area contributed by atoms with E-state index in [1.54, 1.807) is 0 Å². The van der Waals surface area contributed by atoms with Crippen molar-refractivity contribution in [2.45, 2.75) is 51.5 Å². The van der Waals surface area contributed by atoms with Gasteiger partial charge in [-0.3, -0.25) is 4.79 Å². The molecule has 1 aliphatic carbocycles. The highest BCUT2D eigenvalue weighted by Crippen LogP contribution is 2.29. The van der Waals surface area contributed by atoms with E-state index >= 15 is 0 Å². The van der Waals surface area contributed by atoms with Gasteiger partial charge < -0.3 is 9.64 Å². The molecule has 0 aliphatic heterocycles. The maximum atomic E-state index is 11.1. The first kappa shape index (κ1) is 13.5. The van der Waals surface area contributed by atoms with Crippen molar-refractivity contribution in [2.24, 2.45) is 5.92 Å². The summed E-state index contributed by atoms with van der Waals surface area (Å²) in [5.41, 5.74) is 0. The van der Waals surface area contributed by atoms with Gasteiger partial charge in [0.1, 0.15) is 0 Å². The van der Waals surface area contributed by atoms with E-state index < -0.39 is 0 Å². The second kappa shape index (κ2) is 6.89. The third kappa shape index (κ3) is 4.12. The summed E-state index contributed by atoms with van der Waals surface area (Å²) >= 11 is 0. The Hall–Kier alpha value is -0.570. The van der Waals surface area contributed by atoms with Crippen LogP contribution in [0.5, 0.6) is 0 Å². The van der Waals surface area contributed by atoms with Crippen molar-refractivity contribution >= 4 is 5.97 Å². The molecular weight excluding hydrogens is 202 g/mol. The molecule has 3 heteroatoms. The number of nitrogens with zero attached hydrogens (tertiary/aromatic N) is 1. The predicted molar refractivity (Wildman–Crippen MR) is 65.3 cm³/mol. The first-order valence-corrected chi connectivity index (χ1v) is 6.44. The lowest BCUT2D eigenvalue weighted by atomic mass is 9.83. The summed E-state index contributed by atoms with van der Waals surface area (Å²) in [5.74, 6) is 0.786. The zero-order chi connectivity index (χ0) is 12.0. The summed E-state index contributed by atoms with van der Waals surface area (Å²) < 4.78 is 4.66. The van der Waals surface area contributed by atoms with Gasteiger partial charge >= 0.3 is 5.97 Å². The Bertz CT molecular complexity index is 218. The zero-order valence-corrected chi connectivity index (χ0v) is 10.9. The standard InChI is InChI=1S/C13H25NO2/c1-4-11-6-5-7-12(10-11)14(2)9-8-13(15)16-3/h11-12H,4-10H2,1-3H3. The summed E-state index contributed by atoms with van der Waals surface area (Å²) in [6.45, 7) is 3.11. The molecule has 1 fully saturated rings. The third-order valence-corrected chi connectivity index (χ3v) is 3.85. The first-order chi connectivity index (χ1) is 7.67. The smallest absolute Gasteiger partial charge is 0.306 e. The van der Waals surface area contributed by atoms with Crippen molar-refractivity contribution in [2.75, 3.05) is 20.7 Å². The first-order valence-electron chi connectivity index (χ1n) is 6.44. The van der Waals surface area contributed by atoms with Gasteiger partial charge in [-0.05, 0) is 25.8 Å². The van der Waals surface area contributed by atoms with Gasteiger partial charge in [-0.2, -0.15) is 0 Å². The van der Waals surface area contributed by atoms with Gasteiger partial charge in [-0.1, -0.05) is 26.2 Å². The summed E-state index contributed by atoms with van der Waals surface area (Å²) in [6.07, 6.45) is 7.12. The van der Waals surface area contributed by atoms with E-state index in [9.17, 15) is 4.79 Å². The van der Waals surface area contributed by atoms with Crippen LogP contribution in [0.15, 0.2) is 0 Å². The third-order valence-electron chi connectivity index (χ3n) is 3.85. The minimum absolute atomic E-state index is 0.102. The van der Waals surface area contributed by atoms with E-state index in [1.165, 1.54) is 39.2 Å². The molecule has 0 saturated heterocycles. The molecule has 0 spiro atoms. The lowest BCUT2D eigenvalue weighted by Gasteiger charge is -2.35. The van der Waals surface area contributed by atoms with Crippen molar-refractivity contribution in [3.05, 3.63) is 0 Å². The molecule has 0 aromatic rings. The molecule has 0 bridgehead atoms. The van der Waals surface area contributed by atoms with Gasteiger partial charge in [0.05, 0.1) is 13.5 Å². The number of esters is 1. The van der Waals surface area contributed by atoms with E-state index in [4.69, 9.17) is 0 Å². The number of carbonyl (C=O) groups excluding carboxylic acids is 1. The fourth-order valence-electron chi connectivity index (χ4n) is 2.59. The van der Waals surface area contributed by atoms with Crippen LogP contribution >= 0.6 is 0 Å². The largest absolute Gasteiger partial charge is 0.469 e. The van der Waals surface area contributed by atoms with Gasteiger partial charge in [0.15, 0.2) is 0 Å². The van der Waals surface area contributed by atoms with Crippen LogP contribution in [0.2, 0.25) is 0 Å². The Labute approximate surface area is 99.1 Å². The molecule has 94 valence electrons. The van der Waals surface area contributed by atoms with Crippen LogP contribution in [0.3, 0.4) is 0 Å². The van der Waals surface area contributed by atoms with Crippen LogP contribution in [0.4, 0.5) is 0 Å². The van der Waals surface area contributed by atoms with Crippen LogP contribution in [0.1, 0.15) is 45.4 Å². The maximum Gasteiger partial charge on any atom is 0.306 e. The number of rotatable bonds is 5. The van der Waals surface area contributed by atoms with Crippen molar-refractivity contribution < 1.29 is 9.53 Å². The summed E-state index contributed by atoms with van der Waals surface area (Å²) in [5, 5.41) is 0. The highest BCUT2D eigenvalue weighted by atomic mass is 16.5. The molecule has 0 aromatic heterocycles. The molecule has 2 unspecified atom stereocenters. The average molecular weight is 227 g/mol. The topological polar surface area (TPSA) is 29.5 Å². The number of carbonyl (C=O) groups is 1. The van der Waals surface area contributed by atoms with E-state index in [-0.39, 0.29) is 5.97 Å². The van der Waals surface area contributed by atoms with Gasteiger partial charge in [0.25, 0.3) is 0 Å². The fourth-order valence-corrected chi connectivity index (χ4v) is 2.59. The average Bonchev–Trinajstić information content (AvgIpc) is 2.35. The van der Waals surface area contributed by atoms with Gasteiger partial charge in [-0.25, -0.2) is 0 Å². The van der Waals surface area contributed by atoms with Crippen LogP contribution in [0, 0.1) is 5.92 Å². The van der Waals surface area contributed by atoms with Crippen molar-refractivity contribution in [3.63, 3.8) is 0 Å². The van der Waals surface area contributed by atoms with Gasteiger partial charge in [0.2, 0.25) is 0 Å². The highest BCUT2D eigenvalue weighted by molar-refractivity contribution is 5.69. The molecule has 0 aromatic carbocycles. The number of ether oxygens (including phenoxy) is 1. The second-order valence-electron chi connectivity index (χ2n) is 4.90. The lowest BCUT2D eigenvalue weighted by Crippen LogP contribution is -2.37. The summed E-state index contributed by atoms with van der Waals surface area (Å²) in [7, 11) is 3.59. The monoisotopic (exact) mass is 227 g/mol. The molecule has 2 atom stereocenters. The highest BCUT2D eigenvalue weighted by Gasteiger charge is 2.23. The molecular formula is C13H25NO2. The fraction of sp³-hybridized carbons (Fsp3) is 0.923. The molecule has 0 amide bonds. The molecule has 0 N–H and O–H groups in total. The predicted octanol–water partition coefficient (Wildman–Crippen LogP) is 2.45. The van der Waals surface area contributed by atoms with Gasteiger partial charge in [-0.15, -0.1) is 0 Å². The summed E-state index contributed by atoms with van der Waals surface area (Å²) in [6, 6.07) is 0.670. The molecule has 16 heavy (non-hydrogen) atoms. The van der Waals surface area contributed by atoms with Crippen LogP contribution in [-0.2, 0) is 9.53 Å². The normalized spacial score (nSPS) is 25.8. The molecule has 1 rings (SSSR count). The Kier molecular flexibility index (Phi) is 5.81.